The second kappa shape index (κ2) is 9.30. The average Bonchev–Trinajstić information content (AvgIpc) is 3.04. The second-order valence-electron chi connectivity index (χ2n) is 5.96. The summed E-state index contributed by atoms with van der Waals surface area (Å²) in [5.74, 6) is 0.220. The van der Waals surface area contributed by atoms with E-state index in [-0.39, 0.29) is 12.4 Å². The Morgan fingerprint density at radius 3 is 2.89 bits per heavy atom. The van der Waals surface area contributed by atoms with E-state index < -0.39 is 6.67 Å². The van der Waals surface area contributed by atoms with Crippen LogP contribution in [0.15, 0.2) is 34.8 Å². The van der Waals surface area contributed by atoms with Gasteiger partial charge in [-0.3, -0.25) is 0 Å². The summed E-state index contributed by atoms with van der Waals surface area (Å²) >= 11 is 4.93. The van der Waals surface area contributed by atoms with Crippen LogP contribution >= 0.6 is 27.3 Å². The molecule has 0 aliphatic carbocycles. The maximum Gasteiger partial charge on any atom is 0.129 e. The zero-order valence-electron chi connectivity index (χ0n) is 14.8. The number of thiazole rings is 1. The minimum absolute atomic E-state index is 0.141. The highest BCUT2D eigenvalue weighted by Gasteiger charge is 2.06. The van der Waals surface area contributed by atoms with Crippen molar-refractivity contribution in [2.24, 2.45) is 0 Å². The van der Waals surface area contributed by atoms with Crippen LogP contribution in [0.5, 0.6) is 5.75 Å². The van der Waals surface area contributed by atoms with Crippen LogP contribution in [0.2, 0.25) is 0 Å². The molecule has 4 nitrogen and oxygen atoms in total. The molecule has 0 unspecified atom stereocenters. The van der Waals surface area contributed by atoms with Crippen molar-refractivity contribution in [2.45, 2.75) is 6.92 Å². The number of alkyl halides is 1. The second-order valence-corrected chi connectivity index (χ2v) is 7.88. The molecule has 2 aromatic carbocycles. The fourth-order valence-corrected chi connectivity index (χ4v) is 3.85. The van der Waals surface area contributed by atoms with Crippen molar-refractivity contribution in [3.8, 4) is 5.75 Å². The molecule has 1 aromatic heterocycles. The SMILES string of the molecule is Cc1cc2nc(/C=C/c3ccc(O)c(Br)c3)sc2cc1NCCOCCF. The summed E-state index contributed by atoms with van der Waals surface area (Å²) in [6.45, 7) is 2.83. The third-order valence-electron chi connectivity index (χ3n) is 3.92. The van der Waals surface area contributed by atoms with Gasteiger partial charge in [-0.1, -0.05) is 12.1 Å². The van der Waals surface area contributed by atoms with E-state index in [0.717, 1.165) is 32.0 Å². The monoisotopic (exact) mass is 450 g/mol. The van der Waals surface area contributed by atoms with Gasteiger partial charge in [0.15, 0.2) is 0 Å². The van der Waals surface area contributed by atoms with Gasteiger partial charge in [0.1, 0.15) is 17.4 Å². The number of phenolic OH excluding ortho intramolecular Hbond substituents is 1. The Morgan fingerprint density at radius 1 is 1.26 bits per heavy atom. The van der Waals surface area contributed by atoms with Crippen LogP contribution < -0.4 is 5.32 Å². The van der Waals surface area contributed by atoms with Gasteiger partial charge in [-0.15, -0.1) is 11.3 Å². The first-order chi connectivity index (χ1) is 13.1. The number of nitrogens with one attached hydrogen (secondary N) is 1. The standard InChI is InChI=1S/C20H20BrFN2O2S/c1-13-10-17-19(12-16(13)23-7-9-26-8-6-22)27-20(24-17)5-3-14-2-4-18(25)15(21)11-14/h2-5,10-12,23,25H,6-9H2,1H3/b5-3+. The minimum Gasteiger partial charge on any atom is -0.507 e. The summed E-state index contributed by atoms with van der Waals surface area (Å²) in [6.07, 6.45) is 3.94. The number of benzene rings is 2. The lowest BCUT2D eigenvalue weighted by Crippen LogP contribution is -2.11. The van der Waals surface area contributed by atoms with Crippen molar-refractivity contribution in [2.75, 3.05) is 31.7 Å². The number of halogens is 2. The summed E-state index contributed by atoms with van der Waals surface area (Å²) in [5, 5.41) is 13.8. The van der Waals surface area contributed by atoms with Gasteiger partial charge in [0, 0.05) is 12.2 Å². The van der Waals surface area contributed by atoms with Crippen LogP contribution in [0.4, 0.5) is 10.1 Å². The van der Waals surface area contributed by atoms with E-state index >= 15 is 0 Å². The molecule has 3 rings (SSSR count). The zero-order chi connectivity index (χ0) is 19.2. The lowest BCUT2D eigenvalue weighted by atomic mass is 10.2. The van der Waals surface area contributed by atoms with E-state index in [1.54, 1.807) is 17.4 Å². The number of phenols is 1. The molecule has 2 N–H and O–H groups in total. The number of ether oxygens (including phenoxy) is 1. The van der Waals surface area contributed by atoms with Gasteiger partial charge in [-0.2, -0.15) is 0 Å². The number of hydrogen-bond donors (Lipinski definition) is 2. The maximum atomic E-state index is 12.0. The van der Waals surface area contributed by atoms with Crippen LogP contribution in [0.25, 0.3) is 22.4 Å². The molecule has 0 radical (unpaired) electrons. The Morgan fingerprint density at radius 2 is 2.11 bits per heavy atom. The number of aromatic hydroxyl groups is 1. The lowest BCUT2D eigenvalue weighted by Gasteiger charge is -2.09. The van der Waals surface area contributed by atoms with Crippen molar-refractivity contribution in [3.05, 3.63) is 50.9 Å². The Balaban J connectivity index is 1.72. The van der Waals surface area contributed by atoms with E-state index in [4.69, 9.17) is 4.74 Å². The largest absolute Gasteiger partial charge is 0.507 e. The number of nitrogens with zero attached hydrogens (tertiary/aromatic N) is 1. The number of rotatable bonds is 8. The highest BCUT2D eigenvalue weighted by Crippen LogP contribution is 2.30. The summed E-state index contributed by atoms with van der Waals surface area (Å²) in [4.78, 5) is 4.67. The molecule has 0 bridgehead atoms. The molecule has 0 saturated carbocycles. The number of anilines is 1. The molecule has 0 spiro atoms. The van der Waals surface area contributed by atoms with Gasteiger partial charge in [0.2, 0.25) is 0 Å². The van der Waals surface area contributed by atoms with E-state index in [9.17, 15) is 9.50 Å². The quantitative estimate of drug-likeness (QED) is 0.435. The van der Waals surface area contributed by atoms with Gasteiger partial charge in [0.25, 0.3) is 0 Å². The molecule has 0 aliphatic rings. The lowest BCUT2D eigenvalue weighted by molar-refractivity contribution is 0.128. The zero-order valence-corrected chi connectivity index (χ0v) is 17.2. The average molecular weight is 451 g/mol. The predicted molar refractivity (Wildman–Crippen MR) is 114 cm³/mol. The highest BCUT2D eigenvalue weighted by atomic mass is 79.9. The smallest absolute Gasteiger partial charge is 0.129 e. The van der Waals surface area contributed by atoms with E-state index in [0.29, 0.717) is 17.6 Å². The fourth-order valence-electron chi connectivity index (χ4n) is 2.57. The summed E-state index contributed by atoms with van der Waals surface area (Å²) < 4.78 is 18.9. The van der Waals surface area contributed by atoms with Gasteiger partial charge in [0.05, 0.1) is 27.9 Å². The van der Waals surface area contributed by atoms with Gasteiger partial charge in [-0.05, 0) is 64.3 Å². The molecule has 3 aromatic rings. The van der Waals surface area contributed by atoms with Crippen molar-refractivity contribution in [1.29, 1.82) is 0 Å². The molecule has 0 atom stereocenters. The first-order valence-corrected chi connectivity index (χ1v) is 10.1. The minimum atomic E-state index is -0.455. The number of hydrogen-bond acceptors (Lipinski definition) is 5. The molecular weight excluding hydrogens is 431 g/mol. The predicted octanol–water partition coefficient (Wildman–Crippen LogP) is 5.64. The Bertz CT molecular complexity index is 959. The van der Waals surface area contributed by atoms with Crippen molar-refractivity contribution in [1.82, 2.24) is 4.98 Å². The summed E-state index contributed by atoms with van der Waals surface area (Å²) in [6, 6.07) is 9.51. The van der Waals surface area contributed by atoms with Gasteiger partial charge < -0.3 is 15.2 Å². The van der Waals surface area contributed by atoms with Crippen LogP contribution in [0.1, 0.15) is 16.1 Å². The first kappa shape index (κ1) is 19.8. The molecule has 0 aliphatic heterocycles. The number of fused-ring (bicyclic) bond motifs is 1. The molecule has 142 valence electrons. The Kier molecular flexibility index (Phi) is 6.82. The summed E-state index contributed by atoms with van der Waals surface area (Å²) in [5.41, 5.74) is 4.08. The molecule has 7 heteroatoms. The van der Waals surface area contributed by atoms with Crippen molar-refractivity contribution >= 4 is 55.3 Å². The van der Waals surface area contributed by atoms with Gasteiger partial charge in [-0.25, -0.2) is 9.37 Å². The maximum absolute atomic E-state index is 12.0. The van der Waals surface area contributed by atoms with Crippen LogP contribution in [0.3, 0.4) is 0 Å². The molecule has 1 heterocycles. The first-order valence-electron chi connectivity index (χ1n) is 8.52. The molecular formula is C20H20BrFN2O2S. The van der Waals surface area contributed by atoms with Gasteiger partial charge >= 0.3 is 0 Å². The number of aromatic nitrogens is 1. The normalized spacial score (nSPS) is 11.5. The van der Waals surface area contributed by atoms with Crippen molar-refractivity contribution < 1.29 is 14.2 Å². The summed E-state index contributed by atoms with van der Waals surface area (Å²) in [7, 11) is 0. The molecule has 27 heavy (non-hydrogen) atoms. The third kappa shape index (κ3) is 5.28. The van der Waals surface area contributed by atoms with Crippen molar-refractivity contribution in [3.63, 3.8) is 0 Å². The van der Waals surface area contributed by atoms with E-state index in [1.165, 1.54) is 0 Å². The fraction of sp³-hybridized carbons (Fsp3) is 0.250. The van der Waals surface area contributed by atoms with Crippen LogP contribution in [0, 0.1) is 6.92 Å². The van der Waals surface area contributed by atoms with Crippen LogP contribution in [-0.2, 0) is 4.74 Å². The highest BCUT2D eigenvalue weighted by molar-refractivity contribution is 9.10. The Hall–Kier alpha value is -1.96. The number of aryl methyl sites for hydroxylation is 1. The molecule has 0 saturated heterocycles. The van der Waals surface area contributed by atoms with Crippen LogP contribution in [-0.4, -0.2) is 36.5 Å². The third-order valence-corrected chi connectivity index (χ3v) is 5.54. The van der Waals surface area contributed by atoms with E-state index in [1.807, 2.05) is 31.2 Å². The topological polar surface area (TPSA) is 54.4 Å². The molecule has 0 fully saturated rings. The Labute approximate surface area is 169 Å². The van der Waals surface area contributed by atoms with E-state index in [2.05, 4.69) is 38.4 Å². The molecule has 0 amide bonds.